The van der Waals surface area contributed by atoms with Crippen LogP contribution in [-0.4, -0.2) is 6.10 Å². The lowest BCUT2D eigenvalue weighted by molar-refractivity contribution is 0.210. The summed E-state index contributed by atoms with van der Waals surface area (Å²) in [5.74, 6) is 0.946. The molecule has 0 fully saturated rings. The largest absolute Gasteiger partial charge is 0.491 e. The van der Waals surface area contributed by atoms with E-state index in [4.69, 9.17) is 4.74 Å². The summed E-state index contributed by atoms with van der Waals surface area (Å²) in [5, 5.41) is 0. The molecule has 0 amide bonds. The van der Waals surface area contributed by atoms with E-state index in [0.717, 1.165) is 23.1 Å². The zero-order valence-electron chi connectivity index (χ0n) is 11.4. The third-order valence-electron chi connectivity index (χ3n) is 3.06. The third kappa shape index (κ3) is 4.10. The van der Waals surface area contributed by atoms with Crippen molar-refractivity contribution in [3.63, 3.8) is 0 Å². The van der Waals surface area contributed by atoms with Crippen molar-refractivity contribution in [3.05, 3.63) is 53.0 Å². The van der Waals surface area contributed by atoms with Crippen LogP contribution in [0.3, 0.4) is 0 Å². The fourth-order valence-electron chi connectivity index (χ4n) is 2.07. The topological polar surface area (TPSA) is 9.23 Å². The summed E-state index contributed by atoms with van der Waals surface area (Å²) in [7, 11) is 0. The van der Waals surface area contributed by atoms with Gasteiger partial charge in [-0.1, -0.05) is 53.5 Å². The molecule has 2 aromatic rings. The highest BCUT2D eigenvalue weighted by Crippen LogP contribution is 2.24. The van der Waals surface area contributed by atoms with Crippen molar-refractivity contribution >= 4 is 15.9 Å². The molecule has 0 aliphatic rings. The fraction of sp³-hybridized carbons (Fsp3) is 0.294. The molecule has 1 nitrogen and oxygen atoms in total. The maximum atomic E-state index is 5.86. The maximum Gasteiger partial charge on any atom is 0.119 e. The van der Waals surface area contributed by atoms with E-state index >= 15 is 0 Å². The van der Waals surface area contributed by atoms with Gasteiger partial charge in [-0.2, -0.15) is 0 Å². The molecule has 1 unspecified atom stereocenters. The van der Waals surface area contributed by atoms with E-state index in [1.54, 1.807) is 0 Å². The Morgan fingerprint density at radius 2 is 1.47 bits per heavy atom. The number of hydrogen-bond donors (Lipinski definition) is 0. The molecule has 0 spiro atoms. The van der Waals surface area contributed by atoms with Gasteiger partial charge in [0.15, 0.2) is 0 Å². The van der Waals surface area contributed by atoms with Crippen LogP contribution in [0.5, 0.6) is 5.75 Å². The second-order valence-corrected chi connectivity index (χ2v) is 5.66. The molecule has 0 N–H and O–H groups in total. The second kappa shape index (κ2) is 6.76. The monoisotopic (exact) mass is 318 g/mol. The molecule has 1 atom stereocenters. The minimum atomic E-state index is 0.281. The van der Waals surface area contributed by atoms with Gasteiger partial charge in [0.1, 0.15) is 5.75 Å². The Balaban J connectivity index is 2.08. The Kier molecular flexibility index (Phi) is 5.03. The predicted octanol–water partition coefficient (Wildman–Crippen LogP) is 5.68. The lowest BCUT2D eigenvalue weighted by atomic mass is 10.1. The lowest BCUT2D eigenvalue weighted by Gasteiger charge is -2.14. The summed E-state index contributed by atoms with van der Waals surface area (Å²) in [6.07, 6.45) is 2.52. The Bertz CT molecular complexity index is 502. The number of ether oxygens (including phenoxy) is 1. The molecule has 2 rings (SSSR count). The summed E-state index contributed by atoms with van der Waals surface area (Å²) in [6, 6.07) is 16.6. The molecular formula is C17H19BrO. The maximum absolute atomic E-state index is 5.86. The molecule has 2 heteroatoms. The van der Waals surface area contributed by atoms with E-state index in [2.05, 4.69) is 66.2 Å². The molecule has 100 valence electrons. The van der Waals surface area contributed by atoms with Gasteiger partial charge < -0.3 is 4.74 Å². The van der Waals surface area contributed by atoms with Crippen molar-refractivity contribution in [1.82, 2.24) is 0 Å². The van der Waals surface area contributed by atoms with Gasteiger partial charge in [0.2, 0.25) is 0 Å². The van der Waals surface area contributed by atoms with Gasteiger partial charge in [-0.15, -0.1) is 0 Å². The van der Waals surface area contributed by atoms with Gasteiger partial charge in [-0.05, 0) is 48.7 Å². The number of benzene rings is 2. The summed E-state index contributed by atoms with van der Waals surface area (Å²) >= 11 is 3.45. The van der Waals surface area contributed by atoms with Crippen LogP contribution in [-0.2, 0) is 0 Å². The summed E-state index contributed by atoms with van der Waals surface area (Å²) in [4.78, 5) is 0. The molecular weight excluding hydrogens is 300 g/mol. The van der Waals surface area contributed by atoms with Crippen molar-refractivity contribution in [3.8, 4) is 16.9 Å². The lowest BCUT2D eigenvalue weighted by Crippen LogP contribution is -2.10. The first kappa shape index (κ1) is 14.1. The zero-order chi connectivity index (χ0) is 13.7. The van der Waals surface area contributed by atoms with Gasteiger partial charge in [-0.25, -0.2) is 0 Å². The van der Waals surface area contributed by atoms with Crippen molar-refractivity contribution in [2.24, 2.45) is 0 Å². The highest BCUT2D eigenvalue weighted by atomic mass is 79.9. The SMILES string of the molecule is CCCC(C)Oc1ccc(-c2ccc(Br)cc2)cc1. The number of halogens is 1. The summed E-state index contributed by atoms with van der Waals surface area (Å²) in [5.41, 5.74) is 2.43. The summed E-state index contributed by atoms with van der Waals surface area (Å²) < 4.78 is 6.96. The van der Waals surface area contributed by atoms with Crippen LogP contribution in [0.25, 0.3) is 11.1 Å². The Labute approximate surface area is 123 Å². The highest BCUT2D eigenvalue weighted by Gasteiger charge is 2.03. The molecule has 0 bridgehead atoms. The van der Waals surface area contributed by atoms with E-state index in [0.29, 0.717) is 0 Å². The molecule has 0 aromatic heterocycles. The first-order valence-electron chi connectivity index (χ1n) is 6.71. The zero-order valence-corrected chi connectivity index (χ0v) is 13.0. The van der Waals surface area contributed by atoms with Crippen LogP contribution in [0.4, 0.5) is 0 Å². The molecule has 0 radical (unpaired) electrons. The Hall–Kier alpha value is -1.28. The molecule has 0 aliphatic heterocycles. The van der Waals surface area contributed by atoms with E-state index in [1.165, 1.54) is 11.1 Å². The Morgan fingerprint density at radius 3 is 2.00 bits per heavy atom. The predicted molar refractivity (Wildman–Crippen MR) is 84.6 cm³/mol. The molecule has 0 saturated carbocycles. The molecule has 19 heavy (non-hydrogen) atoms. The van der Waals surface area contributed by atoms with Gasteiger partial charge in [-0.3, -0.25) is 0 Å². The van der Waals surface area contributed by atoms with Crippen LogP contribution in [0.2, 0.25) is 0 Å². The van der Waals surface area contributed by atoms with Crippen LogP contribution >= 0.6 is 15.9 Å². The summed E-state index contributed by atoms with van der Waals surface area (Å²) in [6.45, 7) is 4.29. The van der Waals surface area contributed by atoms with Gasteiger partial charge in [0.05, 0.1) is 6.10 Å². The van der Waals surface area contributed by atoms with E-state index in [9.17, 15) is 0 Å². The van der Waals surface area contributed by atoms with Crippen molar-refractivity contribution < 1.29 is 4.74 Å². The van der Waals surface area contributed by atoms with Crippen LogP contribution in [0, 0.1) is 0 Å². The highest BCUT2D eigenvalue weighted by molar-refractivity contribution is 9.10. The Morgan fingerprint density at radius 1 is 0.947 bits per heavy atom. The number of hydrogen-bond acceptors (Lipinski definition) is 1. The normalized spacial score (nSPS) is 12.2. The van der Waals surface area contributed by atoms with Crippen LogP contribution in [0.1, 0.15) is 26.7 Å². The van der Waals surface area contributed by atoms with Crippen LogP contribution < -0.4 is 4.74 Å². The van der Waals surface area contributed by atoms with E-state index in [1.807, 2.05) is 12.1 Å². The molecule has 0 heterocycles. The molecule has 2 aromatic carbocycles. The van der Waals surface area contributed by atoms with E-state index in [-0.39, 0.29) is 6.10 Å². The molecule has 0 aliphatic carbocycles. The average Bonchev–Trinajstić information content (AvgIpc) is 2.41. The van der Waals surface area contributed by atoms with Gasteiger partial charge in [0.25, 0.3) is 0 Å². The number of rotatable bonds is 5. The smallest absolute Gasteiger partial charge is 0.119 e. The van der Waals surface area contributed by atoms with Crippen molar-refractivity contribution in [1.29, 1.82) is 0 Å². The van der Waals surface area contributed by atoms with Gasteiger partial charge >= 0.3 is 0 Å². The molecule has 0 saturated heterocycles. The van der Waals surface area contributed by atoms with Crippen molar-refractivity contribution in [2.45, 2.75) is 32.8 Å². The van der Waals surface area contributed by atoms with Crippen LogP contribution in [0.15, 0.2) is 53.0 Å². The van der Waals surface area contributed by atoms with Crippen molar-refractivity contribution in [2.75, 3.05) is 0 Å². The minimum absolute atomic E-state index is 0.281. The quantitative estimate of drug-likeness (QED) is 0.688. The van der Waals surface area contributed by atoms with Gasteiger partial charge in [0, 0.05) is 4.47 Å². The second-order valence-electron chi connectivity index (χ2n) is 4.75. The minimum Gasteiger partial charge on any atom is -0.491 e. The fourth-order valence-corrected chi connectivity index (χ4v) is 2.33. The third-order valence-corrected chi connectivity index (χ3v) is 3.59. The standard InChI is InChI=1S/C17H19BrO/c1-3-4-13(2)19-17-11-7-15(8-12-17)14-5-9-16(18)10-6-14/h5-13H,3-4H2,1-2H3. The average molecular weight is 319 g/mol. The van der Waals surface area contributed by atoms with E-state index < -0.39 is 0 Å². The first-order valence-corrected chi connectivity index (χ1v) is 7.51. The first-order chi connectivity index (χ1) is 9.19.